The van der Waals surface area contributed by atoms with Crippen LogP contribution in [0.5, 0.6) is 5.75 Å². The van der Waals surface area contributed by atoms with Crippen LogP contribution in [0.2, 0.25) is 0 Å². The van der Waals surface area contributed by atoms with E-state index in [1.165, 1.54) is 37.6 Å². The maximum absolute atomic E-state index is 12.9. The summed E-state index contributed by atoms with van der Waals surface area (Å²) in [5.41, 5.74) is -0.765. The lowest BCUT2D eigenvalue weighted by atomic mass is 10.1. The number of hydrogen-bond acceptors (Lipinski definition) is 5. The minimum atomic E-state index is -4.53. The summed E-state index contributed by atoms with van der Waals surface area (Å²) in [6.45, 7) is 0. The standard InChI is InChI=1S/C18H14F3N3O4S/c1-28-16-5-3-11(29(22,26)27)9-13(16)17(25)24-14-6-7-23-15-8-10(18(19,20)21)2-4-12(14)15/h2-9H,1H3,(H2,22,26,27)(H,23,24,25). The number of sulfonamides is 1. The van der Waals surface area contributed by atoms with Crippen LogP contribution in [-0.4, -0.2) is 26.4 Å². The molecule has 3 rings (SSSR count). The molecule has 0 saturated carbocycles. The number of ether oxygens (including phenoxy) is 1. The van der Waals surface area contributed by atoms with E-state index in [1.54, 1.807) is 0 Å². The molecule has 0 aliphatic rings. The van der Waals surface area contributed by atoms with E-state index >= 15 is 0 Å². The van der Waals surface area contributed by atoms with E-state index in [4.69, 9.17) is 9.88 Å². The number of primary sulfonamides is 1. The number of nitrogens with two attached hydrogens (primary N) is 1. The number of carbonyl (C=O) groups is 1. The zero-order valence-electron chi connectivity index (χ0n) is 14.8. The third-order valence-electron chi connectivity index (χ3n) is 4.06. The predicted octanol–water partition coefficient (Wildman–Crippen LogP) is 3.16. The molecule has 29 heavy (non-hydrogen) atoms. The molecule has 11 heteroatoms. The van der Waals surface area contributed by atoms with Gasteiger partial charge in [-0.1, -0.05) is 6.07 Å². The smallest absolute Gasteiger partial charge is 0.416 e. The molecule has 1 aromatic heterocycles. The van der Waals surface area contributed by atoms with Crippen LogP contribution in [0.1, 0.15) is 15.9 Å². The second kappa shape index (κ2) is 7.33. The number of fused-ring (bicyclic) bond motifs is 1. The zero-order valence-corrected chi connectivity index (χ0v) is 15.6. The Balaban J connectivity index is 2.02. The van der Waals surface area contributed by atoms with E-state index in [0.717, 1.165) is 18.2 Å². The van der Waals surface area contributed by atoms with Crippen molar-refractivity contribution >= 4 is 32.5 Å². The van der Waals surface area contributed by atoms with Crippen LogP contribution in [0.3, 0.4) is 0 Å². The summed E-state index contributed by atoms with van der Waals surface area (Å²) in [6, 6.07) is 7.85. The number of halogens is 3. The van der Waals surface area contributed by atoms with E-state index in [1.807, 2.05) is 0 Å². The largest absolute Gasteiger partial charge is 0.496 e. The van der Waals surface area contributed by atoms with Gasteiger partial charge in [0, 0.05) is 11.6 Å². The molecule has 0 unspecified atom stereocenters. The van der Waals surface area contributed by atoms with Crippen LogP contribution in [-0.2, 0) is 16.2 Å². The third kappa shape index (κ3) is 4.30. The summed E-state index contributed by atoms with van der Waals surface area (Å²) in [4.78, 5) is 16.3. The Morgan fingerprint density at radius 1 is 1.14 bits per heavy atom. The van der Waals surface area contributed by atoms with Crippen molar-refractivity contribution in [3.63, 3.8) is 0 Å². The Morgan fingerprint density at radius 3 is 2.48 bits per heavy atom. The first-order valence-electron chi connectivity index (χ1n) is 7.99. The van der Waals surface area contributed by atoms with Gasteiger partial charge in [-0.2, -0.15) is 13.2 Å². The average Bonchev–Trinajstić information content (AvgIpc) is 2.65. The molecular formula is C18H14F3N3O4S. The first kappa shape index (κ1) is 20.6. The summed E-state index contributed by atoms with van der Waals surface area (Å²) in [5, 5.41) is 7.90. The number of methoxy groups -OCH3 is 1. The first-order chi connectivity index (χ1) is 13.5. The van der Waals surface area contributed by atoms with Crippen molar-refractivity contribution in [3.8, 4) is 5.75 Å². The second-order valence-corrected chi connectivity index (χ2v) is 7.51. The van der Waals surface area contributed by atoms with Gasteiger partial charge in [0.25, 0.3) is 5.91 Å². The lowest BCUT2D eigenvalue weighted by molar-refractivity contribution is -0.137. The highest BCUT2D eigenvalue weighted by atomic mass is 32.2. The number of rotatable bonds is 4. The lowest BCUT2D eigenvalue weighted by Crippen LogP contribution is -2.17. The highest BCUT2D eigenvalue weighted by Gasteiger charge is 2.30. The van der Waals surface area contributed by atoms with Crippen molar-refractivity contribution in [1.82, 2.24) is 4.98 Å². The van der Waals surface area contributed by atoms with Crippen molar-refractivity contribution in [2.45, 2.75) is 11.1 Å². The molecule has 0 spiro atoms. The highest BCUT2D eigenvalue weighted by Crippen LogP contribution is 2.33. The molecule has 7 nitrogen and oxygen atoms in total. The number of carbonyl (C=O) groups excluding carboxylic acids is 1. The van der Waals surface area contributed by atoms with Crippen LogP contribution in [0.25, 0.3) is 10.9 Å². The molecular weight excluding hydrogens is 411 g/mol. The molecule has 0 radical (unpaired) electrons. The minimum Gasteiger partial charge on any atom is -0.496 e. The van der Waals surface area contributed by atoms with Gasteiger partial charge in [-0.3, -0.25) is 9.78 Å². The van der Waals surface area contributed by atoms with Gasteiger partial charge in [-0.15, -0.1) is 0 Å². The quantitative estimate of drug-likeness (QED) is 0.667. The Kier molecular flexibility index (Phi) is 5.20. The number of nitrogens with zero attached hydrogens (tertiary/aromatic N) is 1. The molecule has 1 heterocycles. The highest BCUT2D eigenvalue weighted by molar-refractivity contribution is 7.89. The molecule has 0 fully saturated rings. The van der Waals surface area contributed by atoms with Crippen molar-refractivity contribution in [2.24, 2.45) is 5.14 Å². The molecule has 2 aromatic carbocycles. The third-order valence-corrected chi connectivity index (χ3v) is 4.97. The predicted molar refractivity (Wildman–Crippen MR) is 99.1 cm³/mol. The van der Waals surface area contributed by atoms with Crippen molar-refractivity contribution in [3.05, 3.63) is 59.8 Å². The first-order valence-corrected chi connectivity index (χ1v) is 9.53. The zero-order chi connectivity index (χ0) is 21.4. The topological polar surface area (TPSA) is 111 Å². The van der Waals surface area contributed by atoms with E-state index < -0.39 is 27.7 Å². The van der Waals surface area contributed by atoms with E-state index in [0.29, 0.717) is 0 Å². The van der Waals surface area contributed by atoms with Gasteiger partial charge in [0.2, 0.25) is 10.0 Å². The number of anilines is 1. The number of alkyl halides is 3. The maximum atomic E-state index is 12.9. The van der Waals surface area contributed by atoms with Crippen LogP contribution in [0.15, 0.2) is 53.6 Å². The van der Waals surface area contributed by atoms with Gasteiger partial charge in [-0.25, -0.2) is 13.6 Å². The lowest BCUT2D eigenvalue weighted by Gasteiger charge is -2.13. The van der Waals surface area contributed by atoms with Crippen LogP contribution in [0.4, 0.5) is 18.9 Å². The molecule has 0 aliphatic heterocycles. The summed E-state index contributed by atoms with van der Waals surface area (Å²) in [5.74, 6) is -0.646. The number of hydrogen-bond donors (Lipinski definition) is 2. The SMILES string of the molecule is COc1ccc(S(N)(=O)=O)cc1C(=O)Nc1ccnc2cc(C(F)(F)F)ccc12. The normalized spacial score (nSPS) is 12.0. The molecule has 0 atom stereocenters. The molecule has 152 valence electrons. The molecule has 3 N–H and O–H groups in total. The number of pyridine rings is 1. The van der Waals surface area contributed by atoms with Gasteiger partial charge < -0.3 is 10.1 Å². The molecule has 1 amide bonds. The van der Waals surface area contributed by atoms with E-state index in [9.17, 15) is 26.4 Å². The molecule has 0 aliphatic carbocycles. The molecule has 0 saturated heterocycles. The van der Waals surface area contributed by atoms with E-state index in [-0.39, 0.29) is 32.8 Å². The molecule has 0 bridgehead atoms. The Bertz CT molecular complexity index is 1210. The second-order valence-electron chi connectivity index (χ2n) is 5.95. The van der Waals surface area contributed by atoms with Crippen molar-refractivity contribution in [2.75, 3.05) is 12.4 Å². The Morgan fingerprint density at radius 2 is 1.86 bits per heavy atom. The fourth-order valence-corrected chi connectivity index (χ4v) is 3.20. The average molecular weight is 425 g/mol. The van der Waals surface area contributed by atoms with Gasteiger partial charge in [0.15, 0.2) is 0 Å². The summed E-state index contributed by atoms with van der Waals surface area (Å²) in [7, 11) is -2.77. The number of benzene rings is 2. The van der Waals surface area contributed by atoms with Gasteiger partial charge >= 0.3 is 6.18 Å². The summed E-state index contributed by atoms with van der Waals surface area (Å²) >= 11 is 0. The maximum Gasteiger partial charge on any atom is 0.416 e. The van der Waals surface area contributed by atoms with Gasteiger partial charge in [0.1, 0.15) is 5.75 Å². The van der Waals surface area contributed by atoms with Crippen molar-refractivity contribution < 1.29 is 31.1 Å². The van der Waals surface area contributed by atoms with E-state index in [2.05, 4.69) is 10.3 Å². The fourth-order valence-electron chi connectivity index (χ4n) is 2.66. The molecule has 3 aromatic rings. The van der Waals surface area contributed by atoms with Crippen molar-refractivity contribution in [1.29, 1.82) is 0 Å². The van der Waals surface area contributed by atoms with Gasteiger partial charge in [-0.05, 0) is 36.4 Å². The minimum absolute atomic E-state index is 0.0304. The van der Waals surface area contributed by atoms with Crippen LogP contribution >= 0.6 is 0 Å². The number of amides is 1. The number of nitrogens with one attached hydrogen (secondary N) is 1. The number of aromatic nitrogens is 1. The van der Waals surface area contributed by atoms with Crippen LogP contribution < -0.4 is 15.2 Å². The monoisotopic (exact) mass is 425 g/mol. The van der Waals surface area contributed by atoms with Gasteiger partial charge in [0.05, 0.1) is 34.3 Å². The summed E-state index contributed by atoms with van der Waals surface area (Å²) in [6.07, 6.45) is -3.28. The Hall–Kier alpha value is -3.18. The summed E-state index contributed by atoms with van der Waals surface area (Å²) < 4.78 is 66.9. The Labute approximate surface area is 163 Å². The van der Waals surface area contributed by atoms with Crippen LogP contribution in [0, 0.1) is 0 Å². The fraction of sp³-hybridized carbons (Fsp3) is 0.111.